The fourth-order valence-corrected chi connectivity index (χ4v) is 1.97. The molecule has 0 spiro atoms. The number of aryl methyl sites for hydroxylation is 1. The molecule has 0 amide bonds. The van der Waals surface area contributed by atoms with Gasteiger partial charge in [0.05, 0.1) is 18.3 Å². The third-order valence-electron chi connectivity index (χ3n) is 2.97. The minimum atomic E-state index is -4.56. The van der Waals surface area contributed by atoms with Crippen molar-refractivity contribution in [3.05, 3.63) is 53.1 Å². The Morgan fingerprint density at radius 2 is 2.05 bits per heavy atom. The Bertz CT molecular complexity index is 605. The van der Waals surface area contributed by atoms with Crippen molar-refractivity contribution in [1.29, 1.82) is 0 Å². The highest BCUT2D eigenvalue weighted by molar-refractivity contribution is 5.30. The highest BCUT2D eigenvalue weighted by Gasteiger charge is 2.33. The van der Waals surface area contributed by atoms with E-state index in [1.54, 1.807) is 10.9 Å². The van der Waals surface area contributed by atoms with Crippen LogP contribution in [-0.4, -0.2) is 16.3 Å². The molecule has 2 aromatic rings. The molecule has 3 nitrogen and oxygen atoms in total. The number of aromatic nitrogens is 2. The summed E-state index contributed by atoms with van der Waals surface area (Å²) >= 11 is 0. The zero-order valence-corrected chi connectivity index (χ0v) is 11.4. The Hall–Kier alpha value is -1.89. The largest absolute Gasteiger partial charge is 0.416 e. The first-order chi connectivity index (χ1) is 9.86. The SMILES string of the molecule is Cc1cnn(CCNCc2ccc(F)cc2C(F)(F)F)c1. The van der Waals surface area contributed by atoms with Crippen molar-refractivity contribution < 1.29 is 17.6 Å². The molecule has 1 N–H and O–H groups in total. The number of benzene rings is 1. The molecule has 0 aliphatic rings. The first-order valence-electron chi connectivity index (χ1n) is 6.41. The van der Waals surface area contributed by atoms with Crippen molar-refractivity contribution in [1.82, 2.24) is 15.1 Å². The standard InChI is InChI=1S/C14H15F4N3/c1-10-7-20-21(9-10)5-4-19-8-11-2-3-12(15)6-13(11)14(16,17)18/h2-3,6-7,9,19H,4-5,8H2,1H3. The maximum absolute atomic E-state index is 13.0. The molecule has 1 aromatic carbocycles. The van der Waals surface area contributed by atoms with E-state index >= 15 is 0 Å². The maximum atomic E-state index is 13.0. The van der Waals surface area contributed by atoms with E-state index in [1.165, 1.54) is 0 Å². The number of rotatable bonds is 5. The highest BCUT2D eigenvalue weighted by Crippen LogP contribution is 2.32. The smallest absolute Gasteiger partial charge is 0.311 e. The summed E-state index contributed by atoms with van der Waals surface area (Å²) in [6, 6.07) is 2.71. The third-order valence-corrected chi connectivity index (χ3v) is 2.97. The van der Waals surface area contributed by atoms with Crippen LogP contribution in [0.3, 0.4) is 0 Å². The van der Waals surface area contributed by atoms with E-state index in [0.29, 0.717) is 19.2 Å². The van der Waals surface area contributed by atoms with E-state index in [-0.39, 0.29) is 12.1 Å². The van der Waals surface area contributed by atoms with Gasteiger partial charge in [0.25, 0.3) is 0 Å². The lowest BCUT2D eigenvalue weighted by molar-refractivity contribution is -0.138. The summed E-state index contributed by atoms with van der Waals surface area (Å²) in [5, 5.41) is 6.98. The normalized spacial score (nSPS) is 11.9. The zero-order valence-electron chi connectivity index (χ0n) is 11.4. The first kappa shape index (κ1) is 15.5. The number of nitrogens with one attached hydrogen (secondary N) is 1. The van der Waals surface area contributed by atoms with Gasteiger partial charge >= 0.3 is 6.18 Å². The van der Waals surface area contributed by atoms with Crippen LogP contribution in [0.25, 0.3) is 0 Å². The lowest BCUT2D eigenvalue weighted by atomic mass is 10.1. The molecule has 0 aliphatic carbocycles. The van der Waals surface area contributed by atoms with Crippen LogP contribution in [0.15, 0.2) is 30.6 Å². The molecule has 21 heavy (non-hydrogen) atoms. The molecule has 2 rings (SSSR count). The van der Waals surface area contributed by atoms with Crippen LogP contribution in [0.1, 0.15) is 16.7 Å². The molecule has 1 heterocycles. The molecule has 114 valence electrons. The highest BCUT2D eigenvalue weighted by atomic mass is 19.4. The number of alkyl halides is 3. The molecule has 7 heteroatoms. The predicted octanol–water partition coefficient (Wildman–Crippen LogP) is 3.14. The molecule has 0 aliphatic heterocycles. The second-order valence-corrected chi connectivity index (χ2v) is 4.76. The summed E-state index contributed by atoms with van der Waals surface area (Å²) in [6.45, 7) is 2.95. The van der Waals surface area contributed by atoms with Crippen molar-refractivity contribution in [3.63, 3.8) is 0 Å². The zero-order chi connectivity index (χ0) is 15.5. The van der Waals surface area contributed by atoms with Crippen molar-refractivity contribution in [2.75, 3.05) is 6.54 Å². The molecular formula is C14H15F4N3. The van der Waals surface area contributed by atoms with Gasteiger partial charge < -0.3 is 5.32 Å². The Labute approximate surface area is 119 Å². The average Bonchev–Trinajstić information content (AvgIpc) is 2.81. The van der Waals surface area contributed by atoms with Gasteiger partial charge in [-0.2, -0.15) is 18.3 Å². The van der Waals surface area contributed by atoms with Crippen LogP contribution < -0.4 is 5.32 Å². The van der Waals surface area contributed by atoms with Crippen LogP contribution in [0, 0.1) is 12.7 Å². The summed E-state index contributed by atoms with van der Waals surface area (Å²) in [4.78, 5) is 0. The van der Waals surface area contributed by atoms with Crippen molar-refractivity contribution in [2.24, 2.45) is 0 Å². The lowest BCUT2D eigenvalue weighted by Gasteiger charge is -2.13. The van der Waals surface area contributed by atoms with Gasteiger partial charge in [-0.25, -0.2) is 4.39 Å². The van der Waals surface area contributed by atoms with Crippen LogP contribution in [0.4, 0.5) is 17.6 Å². The van der Waals surface area contributed by atoms with Crippen LogP contribution in [-0.2, 0) is 19.3 Å². The van der Waals surface area contributed by atoms with Gasteiger partial charge in [-0.1, -0.05) is 6.07 Å². The van der Waals surface area contributed by atoms with Gasteiger partial charge in [0, 0.05) is 19.3 Å². The van der Waals surface area contributed by atoms with E-state index in [4.69, 9.17) is 0 Å². The summed E-state index contributed by atoms with van der Waals surface area (Å²) in [7, 11) is 0. The molecule has 0 unspecified atom stereocenters. The fourth-order valence-electron chi connectivity index (χ4n) is 1.97. The van der Waals surface area contributed by atoms with Gasteiger partial charge in [-0.15, -0.1) is 0 Å². The summed E-state index contributed by atoms with van der Waals surface area (Å²) in [5.74, 6) is -0.891. The minimum Gasteiger partial charge on any atom is -0.311 e. The molecule has 0 atom stereocenters. The molecule has 1 aromatic heterocycles. The van der Waals surface area contributed by atoms with E-state index in [2.05, 4.69) is 10.4 Å². The number of halogens is 4. The molecule has 0 bridgehead atoms. The Morgan fingerprint density at radius 1 is 1.29 bits per heavy atom. The third kappa shape index (κ3) is 4.29. The molecule has 0 fully saturated rings. The lowest BCUT2D eigenvalue weighted by Crippen LogP contribution is -2.22. The monoisotopic (exact) mass is 301 g/mol. The van der Waals surface area contributed by atoms with Crippen molar-refractivity contribution >= 4 is 0 Å². The van der Waals surface area contributed by atoms with Crippen LogP contribution in [0.5, 0.6) is 0 Å². The molecule has 0 saturated heterocycles. The van der Waals surface area contributed by atoms with Crippen LogP contribution in [0.2, 0.25) is 0 Å². The van der Waals surface area contributed by atoms with E-state index in [0.717, 1.165) is 17.7 Å². The van der Waals surface area contributed by atoms with Gasteiger partial charge in [-0.05, 0) is 30.2 Å². The second-order valence-electron chi connectivity index (χ2n) is 4.76. The van der Waals surface area contributed by atoms with Gasteiger partial charge in [0.1, 0.15) is 5.82 Å². The molecule has 0 saturated carbocycles. The Kier molecular flexibility index (Phi) is 4.62. The van der Waals surface area contributed by atoms with Crippen molar-refractivity contribution in [2.45, 2.75) is 26.2 Å². The van der Waals surface area contributed by atoms with Gasteiger partial charge in [0.15, 0.2) is 0 Å². The van der Waals surface area contributed by atoms with Gasteiger partial charge in [0.2, 0.25) is 0 Å². The summed E-state index contributed by atoms with van der Waals surface area (Å²) in [5.41, 5.74) is 0.110. The topological polar surface area (TPSA) is 29.9 Å². The fraction of sp³-hybridized carbons (Fsp3) is 0.357. The average molecular weight is 301 g/mol. The Morgan fingerprint density at radius 3 is 2.67 bits per heavy atom. The second kappa shape index (κ2) is 6.26. The minimum absolute atomic E-state index is 0.0232. The van der Waals surface area contributed by atoms with Crippen molar-refractivity contribution in [3.8, 4) is 0 Å². The summed E-state index contributed by atoms with van der Waals surface area (Å²) < 4.78 is 53.1. The van der Waals surface area contributed by atoms with E-state index in [9.17, 15) is 17.6 Å². The predicted molar refractivity (Wildman–Crippen MR) is 70.1 cm³/mol. The summed E-state index contributed by atoms with van der Waals surface area (Å²) in [6.07, 6.45) is -0.999. The number of nitrogens with zero attached hydrogens (tertiary/aromatic N) is 2. The Balaban J connectivity index is 1.94. The maximum Gasteiger partial charge on any atom is 0.416 e. The van der Waals surface area contributed by atoms with E-state index < -0.39 is 17.6 Å². The number of hydrogen-bond donors (Lipinski definition) is 1. The van der Waals surface area contributed by atoms with E-state index in [1.807, 2.05) is 13.1 Å². The van der Waals surface area contributed by atoms with Crippen LogP contribution >= 0.6 is 0 Å². The number of hydrogen-bond acceptors (Lipinski definition) is 2. The molecular weight excluding hydrogens is 286 g/mol. The van der Waals surface area contributed by atoms with Gasteiger partial charge in [-0.3, -0.25) is 4.68 Å². The molecule has 0 radical (unpaired) electrons. The quantitative estimate of drug-likeness (QED) is 0.679. The first-order valence-corrected chi connectivity index (χ1v) is 6.41.